The van der Waals surface area contributed by atoms with Crippen LogP contribution in [-0.4, -0.2) is 16.1 Å². The molecular formula is C25H29NO. The number of aliphatic hydroxyl groups is 1. The molecule has 1 N–H and O–H groups in total. The first kappa shape index (κ1) is 19.3. The molecule has 0 saturated carbocycles. The maximum atomic E-state index is 10.4. The van der Waals surface area contributed by atoms with E-state index in [-0.39, 0.29) is 18.1 Å². The maximum absolute atomic E-state index is 10.4. The van der Waals surface area contributed by atoms with Crippen LogP contribution in [0.25, 0.3) is 0 Å². The first-order valence-electron chi connectivity index (χ1n) is 9.70. The zero-order valence-corrected chi connectivity index (χ0v) is 16.2. The van der Waals surface area contributed by atoms with Crippen molar-refractivity contribution in [2.24, 2.45) is 5.92 Å². The van der Waals surface area contributed by atoms with Gasteiger partial charge in [0.25, 0.3) is 0 Å². The molecule has 0 bridgehead atoms. The molecule has 140 valence electrons. The molecule has 0 aromatic heterocycles. The second kappa shape index (κ2) is 9.50. The van der Waals surface area contributed by atoms with E-state index in [9.17, 15) is 5.11 Å². The molecule has 2 nitrogen and oxygen atoms in total. The van der Waals surface area contributed by atoms with Crippen molar-refractivity contribution >= 4 is 0 Å². The van der Waals surface area contributed by atoms with Crippen LogP contribution in [-0.2, 0) is 13.1 Å². The summed E-state index contributed by atoms with van der Waals surface area (Å²) in [6.07, 6.45) is -0.385. The lowest BCUT2D eigenvalue weighted by Crippen LogP contribution is -2.36. The Kier molecular flexibility index (Phi) is 6.80. The van der Waals surface area contributed by atoms with E-state index in [0.29, 0.717) is 0 Å². The van der Waals surface area contributed by atoms with Crippen molar-refractivity contribution in [1.29, 1.82) is 0 Å². The Hall–Kier alpha value is -2.42. The number of nitrogens with zero attached hydrogens (tertiary/aromatic N) is 1. The Bertz CT molecular complexity index is 745. The molecule has 0 fully saturated rings. The number of rotatable bonds is 8. The molecular weight excluding hydrogens is 330 g/mol. The van der Waals surface area contributed by atoms with E-state index < -0.39 is 0 Å². The van der Waals surface area contributed by atoms with Crippen LogP contribution in [0.4, 0.5) is 0 Å². The fourth-order valence-electron chi connectivity index (χ4n) is 3.65. The van der Waals surface area contributed by atoms with Crippen LogP contribution in [0.15, 0.2) is 91.0 Å². The van der Waals surface area contributed by atoms with Crippen molar-refractivity contribution in [2.75, 3.05) is 0 Å². The van der Waals surface area contributed by atoms with E-state index in [1.54, 1.807) is 0 Å². The van der Waals surface area contributed by atoms with Gasteiger partial charge in [0.05, 0.1) is 6.10 Å². The largest absolute Gasteiger partial charge is 0.393 e. The third kappa shape index (κ3) is 5.29. The van der Waals surface area contributed by atoms with E-state index in [1.807, 2.05) is 13.0 Å². The smallest absolute Gasteiger partial charge is 0.0555 e. The normalized spacial score (nSPS) is 14.7. The SMILES string of the molecule is C[C@H]([C@@H](c1ccccc1)N(Cc1ccccc1)Cc1ccccc1)[C@@H](C)O. The Morgan fingerprint density at radius 1 is 0.667 bits per heavy atom. The van der Waals surface area contributed by atoms with E-state index in [4.69, 9.17) is 0 Å². The molecule has 0 aliphatic heterocycles. The molecule has 2 heteroatoms. The fourth-order valence-corrected chi connectivity index (χ4v) is 3.65. The fraction of sp³-hybridized carbons (Fsp3) is 0.280. The second-order valence-electron chi connectivity index (χ2n) is 7.33. The lowest BCUT2D eigenvalue weighted by Gasteiger charge is -2.37. The Morgan fingerprint density at radius 2 is 1.07 bits per heavy atom. The van der Waals surface area contributed by atoms with E-state index in [1.165, 1.54) is 16.7 Å². The molecule has 0 unspecified atom stereocenters. The summed E-state index contributed by atoms with van der Waals surface area (Å²) in [4.78, 5) is 2.48. The van der Waals surface area contributed by atoms with Crippen LogP contribution in [0, 0.1) is 5.92 Å². The van der Waals surface area contributed by atoms with Gasteiger partial charge in [-0.25, -0.2) is 0 Å². The zero-order valence-electron chi connectivity index (χ0n) is 16.2. The van der Waals surface area contributed by atoms with Gasteiger partial charge in [0.15, 0.2) is 0 Å². The molecule has 3 aromatic carbocycles. The zero-order chi connectivity index (χ0) is 19.1. The lowest BCUT2D eigenvalue weighted by atomic mass is 9.88. The van der Waals surface area contributed by atoms with Crippen molar-refractivity contribution in [3.05, 3.63) is 108 Å². The van der Waals surface area contributed by atoms with Crippen molar-refractivity contribution in [3.63, 3.8) is 0 Å². The van der Waals surface area contributed by atoms with Crippen LogP contribution in [0.1, 0.15) is 36.6 Å². The molecule has 0 amide bonds. The van der Waals surface area contributed by atoms with Gasteiger partial charge in [-0.2, -0.15) is 0 Å². The van der Waals surface area contributed by atoms with E-state index in [0.717, 1.165) is 13.1 Å². The molecule has 0 aliphatic rings. The van der Waals surface area contributed by atoms with Gasteiger partial charge < -0.3 is 5.11 Å². The summed E-state index contributed by atoms with van der Waals surface area (Å²) in [6.45, 7) is 5.72. The molecule has 0 heterocycles. The van der Waals surface area contributed by atoms with Gasteiger partial charge in [0.2, 0.25) is 0 Å². The first-order chi connectivity index (χ1) is 13.1. The predicted octanol–water partition coefficient (Wildman–Crippen LogP) is 5.45. The molecule has 3 rings (SSSR count). The lowest BCUT2D eigenvalue weighted by molar-refractivity contribution is 0.0465. The highest BCUT2D eigenvalue weighted by atomic mass is 16.3. The van der Waals surface area contributed by atoms with Gasteiger partial charge in [-0.05, 0) is 23.6 Å². The number of hydrogen-bond acceptors (Lipinski definition) is 2. The molecule has 0 radical (unpaired) electrons. The van der Waals surface area contributed by atoms with E-state index in [2.05, 4.69) is 96.8 Å². The van der Waals surface area contributed by atoms with Crippen molar-refractivity contribution in [1.82, 2.24) is 4.90 Å². The highest BCUT2D eigenvalue weighted by molar-refractivity contribution is 5.23. The number of benzene rings is 3. The summed E-state index contributed by atoms with van der Waals surface area (Å²) in [5.41, 5.74) is 3.82. The van der Waals surface area contributed by atoms with Crippen LogP contribution in [0.3, 0.4) is 0 Å². The van der Waals surface area contributed by atoms with Crippen molar-refractivity contribution in [3.8, 4) is 0 Å². The van der Waals surface area contributed by atoms with Crippen LogP contribution >= 0.6 is 0 Å². The summed E-state index contributed by atoms with van der Waals surface area (Å²) in [6, 6.07) is 31.9. The minimum absolute atomic E-state index is 0.111. The molecule has 0 spiro atoms. The first-order valence-corrected chi connectivity index (χ1v) is 9.70. The van der Waals surface area contributed by atoms with Crippen LogP contribution in [0.5, 0.6) is 0 Å². The summed E-state index contributed by atoms with van der Waals surface area (Å²) in [5.74, 6) is 0.111. The van der Waals surface area contributed by atoms with Crippen LogP contribution < -0.4 is 0 Å². The minimum Gasteiger partial charge on any atom is -0.393 e. The summed E-state index contributed by atoms with van der Waals surface area (Å²) in [7, 11) is 0. The van der Waals surface area contributed by atoms with Gasteiger partial charge in [0, 0.05) is 25.0 Å². The van der Waals surface area contributed by atoms with Gasteiger partial charge >= 0.3 is 0 Å². The summed E-state index contributed by atoms with van der Waals surface area (Å²) in [5, 5.41) is 10.4. The van der Waals surface area contributed by atoms with Gasteiger partial charge in [-0.15, -0.1) is 0 Å². The summed E-state index contributed by atoms with van der Waals surface area (Å²) >= 11 is 0. The molecule has 3 aromatic rings. The topological polar surface area (TPSA) is 23.5 Å². The maximum Gasteiger partial charge on any atom is 0.0555 e. The summed E-state index contributed by atoms with van der Waals surface area (Å²) < 4.78 is 0. The number of aliphatic hydroxyl groups excluding tert-OH is 1. The monoisotopic (exact) mass is 359 g/mol. The highest BCUT2D eigenvalue weighted by Crippen LogP contribution is 2.33. The van der Waals surface area contributed by atoms with Crippen LogP contribution in [0.2, 0.25) is 0 Å². The van der Waals surface area contributed by atoms with E-state index >= 15 is 0 Å². The third-order valence-electron chi connectivity index (χ3n) is 5.25. The van der Waals surface area contributed by atoms with Gasteiger partial charge in [-0.3, -0.25) is 4.90 Å². The Balaban J connectivity index is 1.98. The minimum atomic E-state index is -0.385. The molecule has 0 aliphatic carbocycles. The second-order valence-corrected chi connectivity index (χ2v) is 7.33. The van der Waals surface area contributed by atoms with Crippen molar-refractivity contribution in [2.45, 2.75) is 39.1 Å². The molecule has 27 heavy (non-hydrogen) atoms. The Labute approximate surface area is 163 Å². The molecule has 3 atom stereocenters. The number of hydrogen-bond donors (Lipinski definition) is 1. The predicted molar refractivity (Wildman–Crippen MR) is 112 cm³/mol. The average molecular weight is 360 g/mol. The van der Waals surface area contributed by atoms with Crippen molar-refractivity contribution < 1.29 is 5.11 Å². The average Bonchev–Trinajstić information content (AvgIpc) is 2.70. The van der Waals surface area contributed by atoms with Gasteiger partial charge in [-0.1, -0.05) is 97.9 Å². The Morgan fingerprint density at radius 3 is 1.48 bits per heavy atom. The quantitative estimate of drug-likeness (QED) is 0.578. The standard InChI is InChI=1S/C25H29NO/c1-20(21(2)27)25(24-16-10-5-11-17-24)26(18-22-12-6-3-7-13-22)19-23-14-8-4-9-15-23/h3-17,20-21,25,27H,18-19H2,1-2H3/t20-,21+,25-/m0/s1. The third-order valence-corrected chi connectivity index (χ3v) is 5.25. The highest BCUT2D eigenvalue weighted by Gasteiger charge is 2.29. The van der Waals surface area contributed by atoms with Gasteiger partial charge in [0.1, 0.15) is 0 Å². The molecule has 0 saturated heterocycles.